The quantitative estimate of drug-likeness (QED) is 0.836. The molecule has 0 fully saturated rings. The molecular weight excluding hydrogens is 276 g/mol. The van der Waals surface area contributed by atoms with Gasteiger partial charge < -0.3 is 19.1 Å². The summed E-state index contributed by atoms with van der Waals surface area (Å²) in [4.78, 5) is 15.4. The molecule has 1 aromatic heterocycles. The number of hydrogen-bond acceptors (Lipinski definition) is 6. The van der Waals surface area contributed by atoms with Gasteiger partial charge in [0.2, 0.25) is 11.7 Å². The largest absolute Gasteiger partial charge is 0.490 e. The third kappa shape index (κ3) is 3.50. The Morgan fingerprint density at radius 1 is 1.33 bits per heavy atom. The van der Waals surface area contributed by atoms with Gasteiger partial charge in [-0.2, -0.15) is 4.98 Å². The number of carboxylic acid groups (broad SMARTS) is 1. The maximum absolute atomic E-state index is 11.3. The number of nitrogens with zero attached hydrogens (tertiary/aromatic N) is 2. The van der Waals surface area contributed by atoms with Crippen molar-refractivity contribution in [3.63, 3.8) is 0 Å². The van der Waals surface area contributed by atoms with Crippen LogP contribution in [0.15, 0.2) is 22.7 Å². The summed E-state index contributed by atoms with van der Waals surface area (Å²) in [7, 11) is 0. The number of rotatable bonds is 7. The second-order valence-corrected chi connectivity index (χ2v) is 4.12. The fourth-order valence-electron chi connectivity index (χ4n) is 1.73. The number of benzene rings is 1. The normalized spacial score (nSPS) is 10.4. The van der Waals surface area contributed by atoms with Gasteiger partial charge in [-0.05, 0) is 19.1 Å². The van der Waals surface area contributed by atoms with Crippen molar-refractivity contribution in [3.8, 4) is 11.5 Å². The Labute approximate surface area is 121 Å². The van der Waals surface area contributed by atoms with Crippen LogP contribution in [0.1, 0.15) is 35.9 Å². The van der Waals surface area contributed by atoms with E-state index in [0.717, 1.165) is 0 Å². The average molecular weight is 292 g/mol. The molecule has 2 aromatic rings. The van der Waals surface area contributed by atoms with Crippen LogP contribution in [0, 0.1) is 0 Å². The number of carboxylic acids is 1. The third-order valence-corrected chi connectivity index (χ3v) is 2.67. The molecule has 112 valence electrons. The van der Waals surface area contributed by atoms with E-state index in [1.165, 1.54) is 6.07 Å². The summed E-state index contributed by atoms with van der Waals surface area (Å²) in [5.41, 5.74) is 0.0279. The lowest BCUT2D eigenvalue weighted by Gasteiger charge is -2.12. The summed E-state index contributed by atoms with van der Waals surface area (Å²) in [5, 5.41) is 13.0. The predicted molar refractivity (Wildman–Crippen MR) is 72.6 cm³/mol. The van der Waals surface area contributed by atoms with Gasteiger partial charge in [-0.1, -0.05) is 18.1 Å². The van der Waals surface area contributed by atoms with Gasteiger partial charge in [-0.25, -0.2) is 4.79 Å². The lowest BCUT2D eigenvalue weighted by Crippen LogP contribution is -2.07. The first kappa shape index (κ1) is 14.8. The van der Waals surface area contributed by atoms with Crippen LogP contribution in [0.4, 0.5) is 0 Å². The maximum Gasteiger partial charge on any atom is 0.339 e. The molecule has 1 aromatic carbocycles. The molecule has 7 nitrogen and oxygen atoms in total. The molecular formula is C14H16N2O5. The van der Waals surface area contributed by atoms with Gasteiger partial charge in [0, 0.05) is 6.42 Å². The predicted octanol–water partition coefficient (Wildman–Crippen LogP) is 2.31. The van der Waals surface area contributed by atoms with Crippen molar-refractivity contribution in [3.05, 3.63) is 35.5 Å². The molecule has 0 aliphatic rings. The molecule has 0 aliphatic heterocycles. The Morgan fingerprint density at radius 3 is 2.76 bits per heavy atom. The molecule has 2 rings (SSSR count). The summed E-state index contributed by atoms with van der Waals surface area (Å²) in [6.45, 7) is 4.12. The van der Waals surface area contributed by atoms with Gasteiger partial charge in [0.05, 0.1) is 6.61 Å². The lowest BCUT2D eigenvalue weighted by molar-refractivity contribution is 0.0690. The first-order chi connectivity index (χ1) is 10.2. The molecule has 0 radical (unpaired) electrons. The Balaban J connectivity index is 2.22. The summed E-state index contributed by atoms with van der Waals surface area (Å²) < 4.78 is 15.9. The van der Waals surface area contributed by atoms with Crippen molar-refractivity contribution >= 4 is 5.97 Å². The van der Waals surface area contributed by atoms with Crippen LogP contribution in [0.25, 0.3) is 0 Å². The number of para-hydroxylation sites is 1. The highest BCUT2D eigenvalue weighted by atomic mass is 16.5. The van der Waals surface area contributed by atoms with Crippen LogP contribution < -0.4 is 9.47 Å². The molecule has 1 heterocycles. The number of aryl methyl sites for hydroxylation is 1. The van der Waals surface area contributed by atoms with Crippen LogP contribution in [0.5, 0.6) is 11.5 Å². The standard InChI is InChI=1S/C14H16N2O5/c1-3-12-15-11(16-21-12)8-20-13-9(14(17)18)6-5-7-10(13)19-4-2/h5-7H,3-4,8H2,1-2H3,(H,17,18). The van der Waals surface area contributed by atoms with Gasteiger partial charge in [-0.15, -0.1) is 0 Å². The molecule has 0 amide bonds. The molecule has 7 heteroatoms. The average Bonchev–Trinajstić information content (AvgIpc) is 2.94. The van der Waals surface area contributed by atoms with Crippen LogP contribution in [0.3, 0.4) is 0 Å². The summed E-state index contributed by atoms with van der Waals surface area (Å²) in [5.74, 6) is 0.305. The minimum Gasteiger partial charge on any atom is -0.490 e. The van der Waals surface area contributed by atoms with Crippen molar-refractivity contribution in [1.29, 1.82) is 0 Å². The van der Waals surface area contributed by atoms with E-state index >= 15 is 0 Å². The molecule has 0 unspecified atom stereocenters. The zero-order chi connectivity index (χ0) is 15.2. The second kappa shape index (κ2) is 6.74. The third-order valence-electron chi connectivity index (χ3n) is 2.67. The van der Waals surface area contributed by atoms with E-state index in [9.17, 15) is 9.90 Å². The molecule has 0 bridgehead atoms. The minimum atomic E-state index is -1.09. The molecule has 21 heavy (non-hydrogen) atoms. The fraction of sp³-hybridized carbons (Fsp3) is 0.357. The van der Waals surface area contributed by atoms with E-state index in [4.69, 9.17) is 14.0 Å². The Kier molecular flexibility index (Phi) is 4.76. The second-order valence-electron chi connectivity index (χ2n) is 4.12. The Morgan fingerprint density at radius 2 is 2.14 bits per heavy atom. The van der Waals surface area contributed by atoms with Gasteiger partial charge in [0.1, 0.15) is 5.56 Å². The molecule has 0 saturated carbocycles. The van der Waals surface area contributed by atoms with E-state index in [2.05, 4.69) is 10.1 Å². The molecule has 0 atom stereocenters. The lowest BCUT2D eigenvalue weighted by atomic mass is 10.2. The first-order valence-corrected chi connectivity index (χ1v) is 6.59. The minimum absolute atomic E-state index is 0.00781. The van der Waals surface area contributed by atoms with Crippen LogP contribution >= 0.6 is 0 Å². The number of ether oxygens (including phenoxy) is 2. The van der Waals surface area contributed by atoms with E-state index in [1.54, 1.807) is 12.1 Å². The van der Waals surface area contributed by atoms with E-state index in [0.29, 0.717) is 30.5 Å². The van der Waals surface area contributed by atoms with Crippen molar-refractivity contribution in [1.82, 2.24) is 10.1 Å². The summed E-state index contributed by atoms with van der Waals surface area (Å²) in [6, 6.07) is 4.71. The Hall–Kier alpha value is -2.57. The summed E-state index contributed by atoms with van der Waals surface area (Å²) >= 11 is 0. The highest BCUT2D eigenvalue weighted by Crippen LogP contribution is 2.32. The molecule has 0 spiro atoms. The van der Waals surface area contributed by atoms with Gasteiger partial charge in [-0.3, -0.25) is 0 Å². The zero-order valence-electron chi connectivity index (χ0n) is 11.8. The Bertz CT molecular complexity index is 624. The number of carbonyl (C=O) groups is 1. The number of aromatic carboxylic acids is 1. The van der Waals surface area contributed by atoms with Crippen molar-refractivity contribution in [2.75, 3.05) is 6.61 Å². The van der Waals surface area contributed by atoms with E-state index in [-0.39, 0.29) is 17.9 Å². The molecule has 0 aliphatic carbocycles. The van der Waals surface area contributed by atoms with Crippen molar-refractivity contribution in [2.45, 2.75) is 26.9 Å². The van der Waals surface area contributed by atoms with Gasteiger partial charge in [0.15, 0.2) is 18.1 Å². The van der Waals surface area contributed by atoms with Crippen LogP contribution in [0.2, 0.25) is 0 Å². The SMILES string of the molecule is CCOc1cccc(C(=O)O)c1OCc1noc(CC)n1. The molecule has 1 N–H and O–H groups in total. The smallest absolute Gasteiger partial charge is 0.339 e. The van der Waals surface area contributed by atoms with E-state index < -0.39 is 5.97 Å². The van der Waals surface area contributed by atoms with Crippen LogP contribution in [-0.4, -0.2) is 27.8 Å². The van der Waals surface area contributed by atoms with Crippen molar-refractivity contribution in [2.24, 2.45) is 0 Å². The zero-order valence-corrected chi connectivity index (χ0v) is 11.8. The first-order valence-electron chi connectivity index (χ1n) is 6.59. The highest BCUT2D eigenvalue weighted by molar-refractivity contribution is 5.92. The number of hydrogen-bond donors (Lipinski definition) is 1. The topological polar surface area (TPSA) is 94.7 Å². The maximum atomic E-state index is 11.3. The summed E-state index contributed by atoms with van der Waals surface area (Å²) in [6.07, 6.45) is 0.628. The molecule has 0 saturated heterocycles. The monoisotopic (exact) mass is 292 g/mol. The fourth-order valence-corrected chi connectivity index (χ4v) is 1.73. The van der Waals surface area contributed by atoms with Crippen molar-refractivity contribution < 1.29 is 23.9 Å². The van der Waals surface area contributed by atoms with E-state index in [1.807, 2.05) is 13.8 Å². The van der Waals surface area contributed by atoms with Crippen LogP contribution in [-0.2, 0) is 13.0 Å². The highest BCUT2D eigenvalue weighted by Gasteiger charge is 2.17. The van der Waals surface area contributed by atoms with Gasteiger partial charge >= 0.3 is 5.97 Å². The number of aromatic nitrogens is 2. The van der Waals surface area contributed by atoms with Gasteiger partial charge in [0.25, 0.3) is 0 Å².